The van der Waals surface area contributed by atoms with Crippen molar-refractivity contribution in [3.63, 3.8) is 0 Å². The second-order valence-corrected chi connectivity index (χ2v) is 5.96. The molecule has 2 aliphatic rings. The van der Waals surface area contributed by atoms with Crippen LogP contribution in [-0.2, 0) is 4.74 Å². The van der Waals surface area contributed by atoms with Crippen LogP contribution in [0.4, 0.5) is 5.82 Å². The van der Waals surface area contributed by atoms with Crippen LogP contribution in [0.25, 0.3) is 0 Å². The molecule has 1 saturated carbocycles. The molecule has 1 aliphatic heterocycles. The second kappa shape index (κ2) is 5.66. The van der Waals surface area contributed by atoms with Crippen molar-refractivity contribution in [2.45, 2.75) is 24.9 Å². The number of hydrogen-bond acceptors (Lipinski definition) is 5. The summed E-state index contributed by atoms with van der Waals surface area (Å²) >= 11 is 2.30. The lowest BCUT2D eigenvalue weighted by Crippen LogP contribution is -2.51. The number of nitrogens with one attached hydrogen (secondary N) is 1. The van der Waals surface area contributed by atoms with Gasteiger partial charge in [-0.3, -0.25) is 0 Å². The van der Waals surface area contributed by atoms with Crippen molar-refractivity contribution in [3.8, 4) is 0 Å². The van der Waals surface area contributed by atoms with Crippen LogP contribution in [-0.4, -0.2) is 48.4 Å². The van der Waals surface area contributed by atoms with Crippen LogP contribution >= 0.6 is 22.6 Å². The number of anilines is 1. The standard InChI is InChI=1S/C12H17IN4O/c13-11-6-14-8-16-12(11)17-3-4-18-7-10(17)5-15-9-1-2-9/h6,8-10,15H,1-5,7H2. The highest BCUT2D eigenvalue weighted by atomic mass is 127. The molecule has 0 bridgehead atoms. The Labute approximate surface area is 120 Å². The maximum Gasteiger partial charge on any atom is 0.145 e. The van der Waals surface area contributed by atoms with Gasteiger partial charge in [-0.2, -0.15) is 0 Å². The average Bonchev–Trinajstić information content (AvgIpc) is 3.22. The van der Waals surface area contributed by atoms with E-state index in [1.165, 1.54) is 12.8 Å². The van der Waals surface area contributed by atoms with Gasteiger partial charge >= 0.3 is 0 Å². The molecule has 2 fully saturated rings. The summed E-state index contributed by atoms with van der Waals surface area (Å²) in [6.45, 7) is 3.44. The van der Waals surface area contributed by atoms with Crippen molar-refractivity contribution >= 4 is 28.4 Å². The van der Waals surface area contributed by atoms with E-state index < -0.39 is 0 Å². The fourth-order valence-corrected chi connectivity index (χ4v) is 2.82. The number of nitrogens with zero attached hydrogens (tertiary/aromatic N) is 3. The van der Waals surface area contributed by atoms with Crippen LogP contribution in [0.1, 0.15) is 12.8 Å². The second-order valence-electron chi connectivity index (χ2n) is 4.80. The Morgan fingerprint density at radius 2 is 2.39 bits per heavy atom. The highest BCUT2D eigenvalue weighted by molar-refractivity contribution is 14.1. The Bertz CT molecular complexity index is 413. The highest BCUT2D eigenvalue weighted by Crippen LogP contribution is 2.23. The lowest BCUT2D eigenvalue weighted by molar-refractivity contribution is 0.0931. The van der Waals surface area contributed by atoms with Gasteiger partial charge in [0, 0.05) is 25.3 Å². The summed E-state index contributed by atoms with van der Waals surface area (Å²) in [5.41, 5.74) is 0. The quantitative estimate of drug-likeness (QED) is 0.814. The molecule has 1 aliphatic carbocycles. The van der Waals surface area contributed by atoms with E-state index in [2.05, 4.69) is 42.8 Å². The first-order valence-electron chi connectivity index (χ1n) is 6.38. The Balaban J connectivity index is 1.71. The number of morpholine rings is 1. The van der Waals surface area contributed by atoms with E-state index in [1.54, 1.807) is 6.33 Å². The van der Waals surface area contributed by atoms with Crippen molar-refractivity contribution in [2.24, 2.45) is 0 Å². The predicted octanol–water partition coefficient (Wildman–Crippen LogP) is 1.04. The van der Waals surface area contributed by atoms with E-state index in [1.807, 2.05) is 6.20 Å². The Morgan fingerprint density at radius 3 is 3.17 bits per heavy atom. The maximum absolute atomic E-state index is 5.60. The van der Waals surface area contributed by atoms with Gasteiger partial charge in [0.1, 0.15) is 12.1 Å². The van der Waals surface area contributed by atoms with Gasteiger partial charge < -0.3 is 15.0 Å². The first-order chi connectivity index (χ1) is 8.84. The lowest BCUT2D eigenvalue weighted by atomic mass is 10.2. The third-order valence-corrected chi connectivity index (χ3v) is 4.13. The van der Waals surface area contributed by atoms with Gasteiger partial charge in [0.05, 0.1) is 22.8 Å². The molecule has 0 radical (unpaired) electrons. The molecule has 5 nitrogen and oxygen atoms in total. The number of hydrogen-bond donors (Lipinski definition) is 1. The minimum Gasteiger partial charge on any atom is -0.377 e. The number of rotatable bonds is 4. The number of aromatic nitrogens is 2. The summed E-state index contributed by atoms with van der Waals surface area (Å²) in [7, 11) is 0. The van der Waals surface area contributed by atoms with Gasteiger partial charge in [0.15, 0.2) is 0 Å². The van der Waals surface area contributed by atoms with Crippen LogP contribution in [0, 0.1) is 3.57 Å². The van der Waals surface area contributed by atoms with Crippen molar-refractivity contribution in [1.29, 1.82) is 0 Å². The largest absolute Gasteiger partial charge is 0.377 e. The third-order valence-electron chi connectivity index (χ3n) is 3.37. The van der Waals surface area contributed by atoms with E-state index in [0.717, 1.165) is 41.7 Å². The molecule has 1 aromatic heterocycles. The zero-order valence-corrected chi connectivity index (χ0v) is 12.3. The molecule has 1 atom stereocenters. The smallest absolute Gasteiger partial charge is 0.145 e. The Morgan fingerprint density at radius 1 is 1.50 bits per heavy atom. The zero-order chi connectivity index (χ0) is 12.4. The first-order valence-corrected chi connectivity index (χ1v) is 7.46. The minimum absolute atomic E-state index is 0.378. The van der Waals surface area contributed by atoms with Gasteiger partial charge in [0.2, 0.25) is 0 Å². The molecular weight excluding hydrogens is 343 g/mol. The van der Waals surface area contributed by atoms with Crippen LogP contribution in [0.2, 0.25) is 0 Å². The molecule has 1 aromatic rings. The molecule has 2 heterocycles. The normalized spacial score (nSPS) is 24.3. The van der Waals surface area contributed by atoms with E-state index in [9.17, 15) is 0 Å². The maximum atomic E-state index is 5.60. The SMILES string of the molecule is Ic1cncnc1N1CCOCC1CNC1CC1. The molecular formula is C12H17IN4O. The average molecular weight is 360 g/mol. The molecule has 0 spiro atoms. The summed E-state index contributed by atoms with van der Waals surface area (Å²) in [6.07, 6.45) is 6.12. The summed E-state index contributed by atoms with van der Waals surface area (Å²) in [5, 5.41) is 3.58. The van der Waals surface area contributed by atoms with Crippen LogP contribution in [0.3, 0.4) is 0 Å². The van der Waals surface area contributed by atoms with Crippen molar-refractivity contribution in [2.75, 3.05) is 31.2 Å². The highest BCUT2D eigenvalue weighted by Gasteiger charge is 2.28. The first kappa shape index (κ1) is 12.6. The molecule has 0 amide bonds. The molecule has 0 aromatic carbocycles. The summed E-state index contributed by atoms with van der Waals surface area (Å²) in [5.74, 6) is 1.04. The summed E-state index contributed by atoms with van der Waals surface area (Å²) in [4.78, 5) is 10.8. The molecule has 1 N–H and O–H groups in total. The summed E-state index contributed by atoms with van der Waals surface area (Å²) in [6, 6.07) is 1.11. The topological polar surface area (TPSA) is 50.3 Å². The fourth-order valence-electron chi connectivity index (χ4n) is 2.21. The van der Waals surface area contributed by atoms with E-state index >= 15 is 0 Å². The van der Waals surface area contributed by atoms with Crippen molar-refractivity contribution in [3.05, 3.63) is 16.1 Å². The summed E-state index contributed by atoms with van der Waals surface area (Å²) < 4.78 is 6.70. The zero-order valence-electron chi connectivity index (χ0n) is 10.2. The van der Waals surface area contributed by atoms with E-state index in [0.29, 0.717) is 6.04 Å². The van der Waals surface area contributed by atoms with Gasteiger partial charge in [-0.05, 0) is 35.4 Å². The Hall–Kier alpha value is -0.470. The van der Waals surface area contributed by atoms with E-state index in [4.69, 9.17) is 4.74 Å². The molecule has 18 heavy (non-hydrogen) atoms. The van der Waals surface area contributed by atoms with Crippen LogP contribution in [0.15, 0.2) is 12.5 Å². The predicted molar refractivity (Wildman–Crippen MR) is 77.7 cm³/mol. The monoisotopic (exact) mass is 360 g/mol. The molecule has 98 valence electrons. The van der Waals surface area contributed by atoms with Crippen LogP contribution < -0.4 is 10.2 Å². The lowest BCUT2D eigenvalue weighted by Gasteiger charge is -2.37. The van der Waals surface area contributed by atoms with Crippen LogP contribution in [0.5, 0.6) is 0 Å². The molecule has 3 rings (SSSR count). The van der Waals surface area contributed by atoms with Gasteiger partial charge in [-0.1, -0.05) is 0 Å². The molecule has 1 unspecified atom stereocenters. The minimum atomic E-state index is 0.378. The van der Waals surface area contributed by atoms with Gasteiger partial charge in [-0.25, -0.2) is 9.97 Å². The molecule has 1 saturated heterocycles. The number of halogens is 1. The fraction of sp³-hybridized carbons (Fsp3) is 0.667. The third kappa shape index (κ3) is 2.92. The van der Waals surface area contributed by atoms with Gasteiger partial charge in [-0.15, -0.1) is 0 Å². The Kier molecular flexibility index (Phi) is 3.95. The van der Waals surface area contributed by atoms with Crippen molar-refractivity contribution in [1.82, 2.24) is 15.3 Å². The number of ether oxygens (including phenoxy) is 1. The van der Waals surface area contributed by atoms with Crippen molar-refractivity contribution < 1.29 is 4.74 Å². The molecule has 6 heteroatoms. The van der Waals surface area contributed by atoms with E-state index in [-0.39, 0.29) is 0 Å². The van der Waals surface area contributed by atoms with Gasteiger partial charge in [0.25, 0.3) is 0 Å².